The third kappa shape index (κ3) is 6.24. The molecule has 0 unspecified atom stereocenters. The smallest absolute Gasteiger partial charge is 0.0468 e. The van der Waals surface area contributed by atoms with Gasteiger partial charge >= 0.3 is 0 Å². The third-order valence-corrected chi connectivity index (χ3v) is 12.3. The maximum absolute atomic E-state index is 2.39. The zero-order valence-electron chi connectivity index (χ0n) is 31.4. The van der Waals surface area contributed by atoms with Crippen molar-refractivity contribution in [1.82, 2.24) is 0 Å². The summed E-state index contributed by atoms with van der Waals surface area (Å²) in [6.07, 6.45) is 0. The van der Waals surface area contributed by atoms with Gasteiger partial charge in [0.1, 0.15) is 0 Å². The zero-order valence-corrected chi connectivity index (χ0v) is 32.2. The van der Waals surface area contributed by atoms with E-state index in [2.05, 4.69) is 219 Å². The molecular weight excluding hydrogens is 695 g/mol. The Labute approximate surface area is 332 Å². The fourth-order valence-electron chi connectivity index (χ4n) is 8.17. The van der Waals surface area contributed by atoms with Crippen LogP contribution in [0.15, 0.2) is 200 Å². The maximum Gasteiger partial charge on any atom is 0.0468 e. The molecule has 0 N–H and O–H groups in total. The summed E-state index contributed by atoms with van der Waals surface area (Å²) in [6.45, 7) is 4.40. The van der Waals surface area contributed by atoms with E-state index < -0.39 is 0 Å². The van der Waals surface area contributed by atoms with Crippen LogP contribution in [0.25, 0.3) is 75.5 Å². The molecule has 56 heavy (non-hydrogen) atoms. The number of hydrogen-bond acceptors (Lipinski definition) is 2. The fourth-order valence-corrected chi connectivity index (χ4v) is 9.26. The first-order chi connectivity index (χ1) is 27.6. The van der Waals surface area contributed by atoms with Crippen LogP contribution in [0.3, 0.4) is 0 Å². The van der Waals surface area contributed by atoms with E-state index in [0.717, 1.165) is 17.1 Å². The number of fused-ring (bicyclic) bond motifs is 4. The summed E-state index contributed by atoms with van der Waals surface area (Å²) in [5.41, 5.74) is 15.8. The normalized spacial score (nSPS) is 11.4. The Morgan fingerprint density at radius 3 is 1.62 bits per heavy atom. The molecule has 0 atom stereocenters. The van der Waals surface area contributed by atoms with Crippen molar-refractivity contribution >= 4 is 59.3 Å². The minimum Gasteiger partial charge on any atom is -0.310 e. The summed E-state index contributed by atoms with van der Waals surface area (Å²) >= 11 is 1.86. The molecule has 0 bridgehead atoms. The second kappa shape index (κ2) is 14.2. The van der Waals surface area contributed by atoms with Gasteiger partial charge in [-0.1, -0.05) is 140 Å². The predicted octanol–water partition coefficient (Wildman–Crippen LogP) is 16.0. The molecule has 266 valence electrons. The highest BCUT2D eigenvalue weighted by molar-refractivity contribution is 7.25. The van der Waals surface area contributed by atoms with Gasteiger partial charge in [0.25, 0.3) is 0 Å². The van der Waals surface area contributed by atoms with Gasteiger partial charge in [0.2, 0.25) is 0 Å². The summed E-state index contributed by atoms with van der Waals surface area (Å²) in [4.78, 5) is 2.39. The molecule has 0 radical (unpaired) electrons. The predicted molar refractivity (Wildman–Crippen MR) is 243 cm³/mol. The molecule has 0 fully saturated rings. The Bertz CT molecular complexity index is 3040. The van der Waals surface area contributed by atoms with E-state index in [9.17, 15) is 0 Å². The number of nitrogens with zero attached hydrogens (tertiary/aromatic N) is 1. The van der Waals surface area contributed by atoms with Gasteiger partial charge in [0, 0.05) is 37.2 Å². The minimum atomic E-state index is 1.12. The van der Waals surface area contributed by atoms with Gasteiger partial charge in [0.05, 0.1) is 0 Å². The van der Waals surface area contributed by atoms with Crippen LogP contribution in [0.5, 0.6) is 0 Å². The van der Waals surface area contributed by atoms with Crippen molar-refractivity contribution in [1.29, 1.82) is 0 Å². The second-order valence-electron chi connectivity index (χ2n) is 14.7. The van der Waals surface area contributed by atoms with E-state index in [4.69, 9.17) is 0 Å². The standard InChI is InChI=1S/C54H39NS/c1-36-10-3-6-15-49(36)50-30-24-44(32-37(50)2)40-22-27-47(28-23-40)55(48-29-31-54-52(35-48)51-16-7-8-17-53(51)56-54)46-25-20-39(21-26-46)42-13-9-14-43(33-42)45-19-18-38-11-4-5-12-41(38)34-45/h3-35H,1-2H3. The lowest BCUT2D eigenvalue weighted by atomic mass is 9.93. The van der Waals surface area contributed by atoms with Gasteiger partial charge in [-0.05, 0) is 141 Å². The Balaban J connectivity index is 1.02. The van der Waals surface area contributed by atoms with E-state index in [0.29, 0.717) is 0 Å². The monoisotopic (exact) mass is 733 g/mol. The van der Waals surface area contributed by atoms with Gasteiger partial charge in [-0.3, -0.25) is 0 Å². The lowest BCUT2D eigenvalue weighted by molar-refractivity contribution is 1.29. The molecule has 0 saturated heterocycles. The van der Waals surface area contributed by atoms with Gasteiger partial charge in [-0.15, -0.1) is 11.3 Å². The van der Waals surface area contributed by atoms with E-state index >= 15 is 0 Å². The fraction of sp³-hybridized carbons (Fsp3) is 0.0370. The van der Waals surface area contributed by atoms with E-state index in [1.165, 1.54) is 86.6 Å². The summed E-state index contributed by atoms with van der Waals surface area (Å²) in [5, 5.41) is 5.11. The number of anilines is 3. The Hall–Kier alpha value is -6.74. The van der Waals surface area contributed by atoms with Crippen LogP contribution in [-0.4, -0.2) is 0 Å². The molecule has 0 spiro atoms. The van der Waals surface area contributed by atoms with Crippen molar-refractivity contribution in [3.05, 3.63) is 211 Å². The molecule has 10 aromatic rings. The Morgan fingerprint density at radius 1 is 0.321 bits per heavy atom. The Morgan fingerprint density at radius 2 is 0.875 bits per heavy atom. The molecule has 0 aliphatic carbocycles. The molecule has 9 aromatic carbocycles. The molecule has 1 heterocycles. The average Bonchev–Trinajstić information content (AvgIpc) is 3.63. The van der Waals surface area contributed by atoms with Gasteiger partial charge in [0.15, 0.2) is 0 Å². The first-order valence-electron chi connectivity index (χ1n) is 19.2. The van der Waals surface area contributed by atoms with Crippen LogP contribution >= 0.6 is 11.3 Å². The van der Waals surface area contributed by atoms with Gasteiger partial charge < -0.3 is 4.90 Å². The minimum absolute atomic E-state index is 1.12. The summed E-state index contributed by atoms with van der Waals surface area (Å²) in [7, 11) is 0. The SMILES string of the molecule is Cc1ccccc1-c1ccc(-c2ccc(N(c3ccc(-c4cccc(-c5ccc6ccccc6c5)c4)cc3)c3ccc4sc5ccccc5c4c3)cc2)cc1C. The van der Waals surface area contributed by atoms with Crippen LogP contribution in [0.2, 0.25) is 0 Å². The van der Waals surface area contributed by atoms with Gasteiger partial charge in [-0.25, -0.2) is 0 Å². The molecular formula is C54H39NS. The van der Waals surface area contributed by atoms with Gasteiger partial charge in [-0.2, -0.15) is 0 Å². The zero-order chi connectivity index (χ0) is 37.6. The second-order valence-corrected chi connectivity index (χ2v) is 15.8. The van der Waals surface area contributed by atoms with E-state index in [-0.39, 0.29) is 0 Å². The first-order valence-corrected chi connectivity index (χ1v) is 20.1. The van der Waals surface area contributed by atoms with Crippen molar-refractivity contribution in [2.45, 2.75) is 13.8 Å². The third-order valence-electron chi connectivity index (χ3n) is 11.1. The molecule has 10 rings (SSSR count). The maximum atomic E-state index is 2.39. The van der Waals surface area contributed by atoms with E-state index in [1.807, 2.05) is 11.3 Å². The summed E-state index contributed by atoms with van der Waals surface area (Å²) in [5.74, 6) is 0. The molecule has 0 aliphatic rings. The number of hydrogen-bond donors (Lipinski definition) is 0. The number of aryl methyl sites for hydroxylation is 2. The molecule has 1 aromatic heterocycles. The molecule has 0 amide bonds. The van der Waals surface area contributed by atoms with Crippen molar-refractivity contribution in [3.63, 3.8) is 0 Å². The number of rotatable bonds is 7. The highest BCUT2D eigenvalue weighted by Gasteiger charge is 2.16. The molecule has 1 nitrogen and oxygen atoms in total. The quantitative estimate of drug-likeness (QED) is 0.158. The lowest BCUT2D eigenvalue weighted by Crippen LogP contribution is -2.09. The lowest BCUT2D eigenvalue weighted by Gasteiger charge is -2.26. The molecule has 0 saturated carbocycles. The van der Waals surface area contributed by atoms with Crippen LogP contribution in [0.4, 0.5) is 17.1 Å². The van der Waals surface area contributed by atoms with Crippen LogP contribution < -0.4 is 4.90 Å². The van der Waals surface area contributed by atoms with Crippen molar-refractivity contribution in [3.8, 4) is 44.5 Å². The van der Waals surface area contributed by atoms with Crippen molar-refractivity contribution in [2.24, 2.45) is 0 Å². The first kappa shape index (κ1) is 33.8. The van der Waals surface area contributed by atoms with Crippen LogP contribution in [-0.2, 0) is 0 Å². The highest BCUT2D eigenvalue weighted by atomic mass is 32.1. The number of benzene rings is 9. The average molecular weight is 734 g/mol. The molecule has 2 heteroatoms. The van der Waals surface area contributed by atoms with Crippen molar-refractivity contribution in [2.75, 3.05) is 4.90 Å². The summed E-state index contributed by atoms with van der Waals surface area (Å²) in [6, 6.07) is 73.3. The topological polar surface area (TPSA) is 3.24 Å². The van der Waals surface area contributed by atoms with Crippen LogP contribution in [0, 0.1) is 13.8 Å². The van der Waals surface area contributed by atoms with E-state index in [1.54, 1.807) is 0 Å². The Kier molecular flexibility index (Phi) is 8.54. The number of thiophene rings is 1. The molecule has 0 aliphatic heterocycles. The largest absolute Gasteiger partial charge is 0.310 e. The van der Waals surface area contributed by atoms with Crippen LogP contribution in [0.1, 0.15) is 11.1 Å². The van der Waals surface area contributed by atoms with Crippen molar-refractivity contribution < 1.29 is 0 Å². The highest BCUT2D eigenvalue weighted by Crippen LogP contribution is 2.42. The summed E-state index contributed by atoms with van der Waals surface area (Å²) < 4.78 is 2.62.